The fourth-order valence-corrected chi connectivity index (χ4v) is 2.04. The number of unbranched alkanes of at least 4 members (excludes halogenated alkanes) is 3. The second-order valence-corrected chi connectivity index (χ2v) is 4.36. The van der Waals surface area contributed by atoms with Gasteiger partial charge in [0, 0.05) is 18.7 Å². The van der Waals surface area contributed by atoms with Crippen LogP contribution >= 0.6 is 11.5 Å². The normalized spacial score (nSPS) is 10.5. The molecule has 0 unspecified atom stereocenters. The number of rotatable bonds is 7. The van der Waals surface area contributed by atoms with E-state index in [1.54, 1.807) is 0 Å². The Morgan fingerprint density at radius 3 is 2.67 bits per heavy atom. The molecule has 0 amide bonds. The first-order valence-electron chi connectivity index (χ1n) is 5.32. The van der Waals surface area contributed by atoms with Crippen LogP contribution in [0.5, 0.6) is 0 Å². The highest BCUT2D eigenvalue weighted by Gasteiger charge is 2.04. The quantitative estimate of drug-likeness (QED) is 0.625. The lowest BCUT2D eigenvalue weighted by Gasteiger charge is -2.03. The number of aliphatic hydroxyl groups is 1. The summed E-state index contributed by atoms with van der Waals surface area (Å²) in [4.78, 5) is 0. The molecule has 1 aromatic rings. The number of aromatic nitrogens is 1. The molecule has 0 spiro atoms. The van der Waals surface area contributed by atoms with Gasteiger partial charge in [-0.3, -0.25) is 0 Å². The number of nitrogen functional groups attached to an aromatic ring is 1. The van der Waals surface area contributed by atoms with E-state index < -0.39 is 0 Å². The van der Waals surface area contributed by atoms with Crippen molar-refractivity contribution < 1.29 is 5.11 Å². The molecule has 0 fully saturated rings. The highest BCUT2D eigenvalue weighted by molar-refractivity contribution is 7.10. The smallest absolute Gasteiger partial charge is 0.142 e. The minimum atomic E-state index is 0.303. The van der Waals surface area contributed by atoms with E-state index in [4.69, 9.17) is 10.8 Å². The highest BCUT2D eigenvalue weighted by Crippen LogP contribution is 2.25. The lowest BCUT2D eigenvalue weighted by atomic mass is 10.2. The summed E-state index contributed by atoms with van der Waals surface area (Å²) in [7, 11) is 0. The second-order valence-electron chi connectivity index (χ2n) is 3.59. The molecule has 0 aliphatic heterocycles. The van der Waals surface area contributed by atoms with Gasteiger partial charge >= 0.3 is 0 Å². The SMILES string of the molecule is Cc1c(N)nsc1NCCCCCCO. The number of hydrogen-bond donors (Lipinski definition) is 3. The average Bonchev–Trinajstić information content (AvgIpc) is 2.54. The van der Waals surface area contributed by atoms with Gasteiger partial charge < -0.3 is 16.2 Å². The second kappa shape index (κ2) is 6.63. The van der Waals surface area contributed by atoms with Crippen molar-refractivity contribution in [3.05, 3.63) is 5.56 Å². The van der Waals surface area contributed by atoms with E-state index in [0.29, 0.717) is 12.4 Å². The third-order valence-corrected chi connectivity index (χ3v) is 3.25. The van der Waals surface area contributed by atoms with Crippen molar-refractivity contribution in [2.75, 3.05) is 24.2 Å². The maximum atomic E-state index is 8.60. The van der Waals surface area contributed by atoms with Gasteiger partial charge in [-0.25, -0.2) is 0 Å². The lowest BCUT2D eigenvalue weighted by molar-refractivity contribution is 0.283. The third-order valence-electron chi connectivity index (χ3n) is 2.33. The van der Waals surface area contributed by atoms with Crippen LogP contribution in [-0.2, 0) is 0 Å². The summed E-state index contributed by atoms with van der Waals surface area (Å²) in [5.41, 5.74) is 6.69. The van der Waals surface area contributed by atoms with Crippen molar-refractivity contribution in [2.24, 2.45) is 0 Å². The monoisotopic (exact) mass is 229 g/mol. The summed E-state index contributed by atoms with van der Waals surface area (Å²) in [6.07, 6.45) is 4.28. The summed E-state index contributed by atoms with van der Waals surface area (Å²) < 4.78 is 4.07. The van der Waals surface area contributed by atoms with E-state index in [1.807, 2.05) is 6.92 Å². The molecule has 86 valence electrons. The summed E-state index contributed by atoms with van der Waals surface area (Å²) in [6, 6.07) is 0. The van der Waals surface area contributed by atoms with Crippen molar-refractivity contribution in [1.29, 1.82) is 0 Å². The molecule has 0 aliphatic rings. The predicted octanol–water partition coefficient (Wildman–Crippen LogP) is 2.00. The minimum Gasteiger partial charge on any atom is -0.396 e. The minimum absolute atomic E-state index is 0.303. The molecule has 15 heavy (non-hydrogen) atoms. The Morgan fingerprint density at radius 1 is 1.33 bits per heavy atom. The van der Waals surface area contributed by atoms with Crippen LogP contribution in [0.3, 0.4) is 0 Å². The van der Waals surface area contributed by atoms with Gasteiger partial charge in [0.15, 0.2) is 0 Å². The first-order valence-corrected chi connectivity index (χ1v) is 6.09. The Morgan fingerprint density at radius 2 is 2.07 bits per heavy atom. The summed E-state index contributed by atoms with van der Waals surface area (Å²) >= 11 is 1.42. The van der Waals surface area contributed by atoms with Crippen LogP contribution < -0.4 is 11.1 Å². The van der Waals surface area contributed by atoms with Crippen molar-refractivity contribution in [2.45, 2.75) is 32.6 Å². The number of nitrogens with zero attached hydrogens (tertiary/aromatic N) is 1. The Balaban J connectivity index is 2.12. The van der Waals surface area contributed by atoms with Gasteiger partial charge in [0.05, 0.1) is 0 Å². The Bertz CT molecular complexity index is 288. The Kier molecular flexibility index (Phi) is 5.42. The van der Waals surface area contributed by atoms with Gasteiger partial charge in [-0.15, -0.1) is 0 Å². The molecule has 5 heteroatoms. The van der Waals surface area contributed by atoms with E-state index in [2.05, 4.69) is 9.69 Å². The number of aliphatic hydroxyl groups excluding tert-OH is 1. The van der Waals surface area contributed by atoms with Crippen LogP contribution in [0.2, 0.25) is 0 Å². The van der Waals surface area contributed by atoms with Crippen LogP contribution in [0, 0.1) is 6.92 Å². The maximum Gasteiger partial charge on any atom is 0.142 e. The molecule has 1 rings (SSSR count). The van der Waals surface area contributed by atoms with Crippen LogP contribution in [-0.4, -0.2) is 22.6 Å². The number of nitrogens with two attached hydrogens (primary N) is 1. The third kappa shape index (κ3) is 4.05. The van der Waals surface area contributed by atoms with Crippen molar-refractivity contribution in [3.8, 4) is 0 Å². The molecule has 0 saturated heterocycles. The van der Waals surface area contributed by atoms with Crippen LogP contribution in [0.15, 0.2) is 0 Å². The van der Waals surface area contributed by atoms with Crippen molar-refractivity contribution >= 4 is 22.4 Å². The van der Waals surface area contributed by atoms with Crippen LogP contribution in [0.4, 0.5) is 10.8 Å². The van der Waals surface area contributed by atoms with Gasteiger partial charge in [-0.2, -0.15) is 4.37 Å². The fraction of sp³-hybridized carbons (Fsp3) is 0.700. The topological polar surface area (TPSA) is 71.2 Å². The molecule has 0 saturated carbocycles. The van der Waals surface area contributed by atoms with Gasteiger partial charge in [0.25, 0.3) is 0 Å². The lowest BCUT2D eigenvalue weighted by Crippen LogP contribution is -2.01. The van der Waals surface area contributed by atoms with E-state index >= 15 is 0 Å². The molecule has 4 nitrogen and oxygen atoms in total. The first-order chi connectivity index (χ1) is 7.25. The van der Waals surface area contributed by atoms with Crippen molar-refractivity contribution in [3.63, 3.8) is 0 Å². The first kappa shape index (κ1) is 12.3. The Hall–Kier alpha value is -0.810. The summed E-state index contributed by atoms with van der Waals surface area (Å²) in [6.45, 7) is 3.23. The highest BCUT2D eigenvalue weighted by atomic mass is 32.1. The molecule has 0 radical (unpaired) electrons. The summed E-state index contributed by atoms with van der Waals surface area (Å²) in [5, 5.41) is 13.0. The molecule has 0 aliphatic carbocycles. The van der Waals surface area contributed by atoms with Gasteiger partial charge in [-0.1, -0.05) is 12.8 Å². The molecule has 1 aromatic heterocycles. The molecule has 0 atom stereocenters. The van der Waals surface area contributed by atoms with E-state index in [0.717, 1.165) is 42.8 Å². The van der Waals surface area contributed by atoms with Gasteiger partial charge in [0.2, 0.25) is 0 Å². The van der Waals surface area contributed by atoms with Gasteiger partial charge in [-0.05, 0) is 31.3 Å². The molecular weight excluding hydrogens is 210 g/mol. The standard InChI is InChI=1S/C10H19N3OS/c1-8-9(11)13-15-10(8)12-6-4-2-3-5-7-14/h12,14H,2-7H2,1H3,(H2,11,13). The van der Waals surface area contributed by atoms with E-state index in [-0.39, 0.29) is 0 Å². The zero-order valence-electron chi connectivity index (χ0n) is 9.12. The Labute approximate surface area is 94.7 Å². The van der Waals surface area contributed by atoms with E-state index in [1.165, 1.54) is 11.5 Å². The zero-order chi connectivity index (χ0) is 11.1. The number of anilines is 2. The molecule has 1 heterocycles. The van der Waals surface area contributed by atoms with Crippen LogP contribution in [0.1, 0.15) is 31.2 Å². The summed E-state index contributed by atoms with van der Waals surface area (Å²) in [5.74, 6) is 0.628. The zero-order valence-corrected chi connectivity index (χ0v) is 9.94. The van der Waals surface area contributed by atoms with E-state index in [9.17, 15) is 0 Å². The molecule has 0 aromatic carbocycles. The molecule has 0 bridgehead atoms. The maximum absolute atomic E-state index is 8.60. The van der Waals surface area contributed by atoms with Gasteiger partial charge in [0.1, 0.15) is 10.8 Å². The number of nitrogens with one attached hydrogen (secondary N) is 1. The largest absolute Gasteiger partial charge is 0.396 e. The van der Waals surface area contributed by atoms with Crippen molar-refractivity contribution in [1.82, 2.24) is 4.37 Å². The average molecular weight is 229 g/mol. The molecule has 4 N–H and O–H groups in total. The van der Waals surface area contributed by atoms with Crippen LogP contribution in [0.25, 0.3) is 0 Å². The molecular formula is C10H19N3OS. The predicted molar refractivity (Wildman–Crippen MR) is 65.3 cm³/mol. The number of hydrogen-bond acceptors (Lipinski definition) is 5. The fourth-order valence-electron chi connectivity index (χ4n) is 1.31.